The highest BCUT2D eigenvalue weighted by Crippen LogP contribution is 2.34. The number of hydrogen-bond acceptors (Lipinski definition) is 6. The second-order valence-electron chi connectivity index (χ2n) is 6.60. The first-order chi connectivity index (χ1) is 15.1. The number of aromatic nitrogens is 3. The van der Waals surface area contributed by atoms with E-state index in [4.69, 9.17) is 5.73 Å². The number of primary amides is 1. The van der Waals surface area contributed by atoms with E-state index in [9.17, 15) is 9.59 Å². The minimum atomic E-state index is -0.595. The number of carbonyl (C=O) groups is 2. The van der Waals surface area contributed by atoms with Gasteiger partial charge in [0.05, 0.1) is 17.0 Å². The molecule has 4 aromatic rings. The fourth-order valence-electron chi connectivity index (χ4n) is 3.16. The van der Waals surface area contributed by atoms with E-state index < -0.39 is 5.91 Å². The van der Waals surface area contributed by atoms with Crippen LogP contribution < -0.4 is 11.1 Å². The lowest BCUT2D eigenvalue weighted by Gasteiger charge is -2.09. The Hall–Kier alpha value is -3.43. The number of para-hydroxylation sites is 1. The molecule has 0 spiro atoms. The summed E-state index contributed by atoms with van der Waals surface area (Å²) in [5.41, 5.74) is 7.03. The summed E-state index contributed by atoms with van der Waals surface area (Å²) in [4.78, 5) is 24.0. The predicted octanol–water partition coefficient (Wildman–Crippen LogP) is 4.18. The van der Waals surface area contributed by atoms with Crippen LogP contribution in [-0.4, -0.2) is 32.3 Å². The van der Waals surface area contributed by atoms with Crippen LogP contribution >= 0.6 is 23.1 Å². The summed E-state index contributed by atoms with van der Waals surface area (Å²) in [7, 11) is 0. The number of thiophene rings is 1. The van der Waals surface area contributed by atoms with Crippen molar-refractivity contribution >= 4 is 50.7 Å². The molecule has 2 heterocycles. The van der Waals surface area contributed by atoms with Crippen LogP contribution in [0.5, 0.6) is 0 Å². The van der Waals surface area contributed by atoms with Gasteiger partial charge in [0.15, 0.2) is 11.0 Å². The Labute approximate surface area is 187 Å². The van der Waals surface area contributed by atoms with E-state index in [1.807, 2.05) is 16.7 Å². The number of anilines is 1. The van der Waals surface area contributed by atoms with E-state index in [1.54, 1.807) is 41.7 Å². The minimum Gasteiger partial charge on any atom is -0.366 e. The molecule has 4 rings (SSSR count). The maximum Gasteiger partial charge on any atom is 0.250 e. The zero-order valence-electron chi connectivity index (χ0n) is 16.4. The molecule has 0 aliphatic heterocycles. The van der Waals surface area contributed by atoms with Gasteiger partial charge in [-0.1, -0.05) is 48.2 Å². The topological polar surface area (TPSA) is 103 Å². The van der Waals surface area contributed by atoms with Gasteiger partial charge in [0.25, 0.3) is 5.91 Å². The molecule has 0 atom stereocenters. The Morgan fingerprint density at radius 2 is 1.94 bits per heavy atom. The number of amides is 2. The number of fused-ring (bicyclic) bond motifs is 1. The summed E-state index contributed by atoms with van der Waals surface area (Å²) in [6, 6.07) is 14.8. The number of allylic oxidation sites excluding steroid dienone is 1. The summed E-state index contributed by atoms with van der Waals surface area (Å²) in [5.74, 6) is -0.0251. The van der Waals surface area contributed by atoms with Gasteiger partial charge < -0.3 is 11.1 Å². The van der Waals surface area contributed by atoms with E-state index in [0.29, 0.717) is 17.4 Å². The summed E-state index contributed by atoms with van der Waals surface area (Å²) < 4.78 is 3.11. The lowest BCUT2D eigenvalue weighted by atomic mass is 10.1. The molecule has 0 aliphatic rings. The molecular weight excluding hydrogens is 430 g/mol. The van der Waals surface area contributed by atoms with Crippen molar-refractivity contribution in [2.75, 3.05) is 11.1 Å². The Morgan fingerprint density at radius 3 is 2.74 bits per heavy atom. The predicted molar refractivity (Wildman–Crippen MR) is 125 cm³/mol. The summed E-state index contributed by atoms with van der Waals surface area (Å²) >= 11 is 2.92. The molecule has 0 radical (unpaired) electrons. The van der Waals surface area contributed by atoms with Gasteiger partial charge in [0, 0.05) is 27.6 Å². The zero-order valence-corrected chi connectivity index (χ0v) is 18.1. The van der Waals surface area contributed by atoms with Crippen LogP contribution in [0.25, 0.3) is 21.5 Å². The van der Waals surface area contributed by atoms with Crippen molar-refractivity contribution in [3.8, 4) is 11.4 Å². The number of nitrogens with zero attached hydrogens (tertiary/aromatic N) is 3. The average Bonchev–Trinajstić information content (AvgIpc) is 3.36. The Kier molecular flexibility index (Phi) is 6.15. The standard InChI is InChI=1S/C22H19N5O2S2/c1-2-11-27-21(16-12-30-18-10-6-4-7-14(16)18)25-26-22(27)31-13-19(28)24-17-9-5-3-8-15(17)20(23)29/h2-10,12H,1,11,13H2,(H2,23,29)(H,24,28). The smallest absolute Gasteiger partial charge is 0.250 e. The molecule has 2 aromatic heterocycles. The van der Waals surface area contributed by atoms with Gasteiger partial charge in [0.2, 0.25) is 5.91 Å². The summed E-state index contributed by atoms with van der Waals surface area (Å²) in [6.07, 6.45) is 1.77. The van der Waals surface area contributed by atoms with Gasteiger partial charge in [-0.25, -0.2) is 0 Å². The lowest BCUT2D eigenvalue weighted by Crippen LogP contribution is -2.19. The number of rotatable bonds is 8. The highest BCUT2D eigenvalue weighted by Gasteiger charge is 2.18. The van der Waals surface area contributed by atoms with E-state index >= 15 is 0 Å². The van der Waals surface area contributed by atoms with Crippen molar-refractivity contribution in [3.63, 3.8) is 0 Å². The first-order valence-electron chi connectivity index (χ1n) is 9.40. The van der Waals surface area contributed by atoms with Crippen LogP contribution in [0.2, 0.25) is 0 Å². The molecule has 0 unspecified atom stereocenters. The largest absolute Gasteiger partial charge is 0.366 e. The van der Waals surface area contributed by atoms with Gasteiger partial charge in [-0.2, -0.15) is 0 Å². The zero-order chi connectivity index (χ0) is 21.8. The van der Waals surface area contributed by atoms with Crippen LogP contribution in [0.1, 0.15) is 10.4 Å². The summed E-state index contributed by atoms with van der Waals surface area (Å²) in [5, 5.41) is 15.2. The molecule has 2 amide bonds. The van der Waals surface area contributed by atoms with Crippen LogP contribution in [0.15, 0.2) is 71.7 Å². The van der Waals surface area contributed by atoms with Crippen LogP contribution in [0, 0.1) is 0 Å². The third-order valence-corrected chi connectivity index (χ3v) is 6.48. The van der Waals surface area contributed by atoms with E-state index in [1.165, 1.54) is 16.5 Å². The van der Waals surface area contributed by atoms with E-state index in [-0.39, 0.29) is 17.2 Å². The molecule has 7 nitrogen and oxygen atoms in total. The van der Waals surface area contributed by atoms with Crippen LogP contribution in [-0.2, 0) is 11.3 Å². The third kappa shape index (κ3) is 4.37. The molecule has 31 heavy (non-hydrogen) atoms. The molecule has 0 fully saturated rings. The molecule has 156 valence electrons. The molecule has 0 saturated heterocycles. The van der Waals surface area contributed by atoms with Gasteiger partial charge in [0.1, 0.15) is 0 Å². The van der Waals surface area contributed by atoms with E-state index in [2.05, 4.69) is 39.6 Å². The first kappa shape index (κ1) is 20.8. The lowest BCUT2D eigenvalue weighted by molar-refractivity contribution is -0.113. The quantitative estimate of drug-likeness (QED) is 0.310. The fourth-order valence-corrected chi connectivity index (χ4v) is 4.85. The molecule has 0 saturated carbocycles. The number of hydrogen-bond donors (Lipinski definition) is 2. The highest BCUT2D eigenvalue weighted by molar-refractivity contribution is 7.99. The van der Waals surface area contributed by atoms with Gasteiger partial charge in [-0.15, -0.1) is 28.1 Å². The average molecular weight is 450 g/mol. The molecule has 9 heteroatoms. The van der Waals surface area contributed by atoms with E-state index in [0.717, 1.165) is 16.8 Å². The van der Waals surface area contributed by atoms with Crippen LogP contribution in [0.3, 0.4) is 0 Å². The molecule has 0 bridgehead atoms. The molecular formula is C22H19N5O2S2. The van der Waals surface area contributed by atoms with Crippen molar-refractivity contribution < 1.29 is 9.59 Å². The highest BCUT2D eigenvalue weighted by atomic mass is 32.2. The van der Waals surface area contributed by atoms with Crippen LogP contribution in [0.4, 0.5) is 5.69 Å². The Bertz CT molecular complexity index is 1280. The Balaban J connectivity index is 1.54. The number of thioether (sulfide) groups is 1. The monoisotopic (exact) mass is 449 g/mol. The van der Waals surface area contributed by atoms with Crippen molar-refractivity contribution in [2.45, 2.75) is 11.7 Å². The minimum absolute atomic E-state index is 0.104. The first-order valence-corrected chi connectivity index (χ1v) is 11.3. The van der Waals surface area contributed by atoms with Gasteiger partial charge in [-0.05, 0) is 18.2 Å². The molecule has 0 aliphatic carbocycles. The van der Waals surface area contributed by atoms with Crippen molar-refractivity contribution in [1.29, 1.82) is 0 Å². The maximum atomic E-state index is 12.5. The van der Waals surface area contributed by atoms with Crippen molar-refractivity contribution in [2.24, 2.45) is 5.73 Å². The maximum absolute atomic E-state index is 12.5. The molecule has 3 N–H and O–H groups in total. The second kappa shape index (κ2) is 9.15. The molecule has 2 aromatic carbocycles. The number of benzene rings is 2. The Morgan fingerprint density at radius 1 is 1.16 bits per heavy atom. The number of carbonyl (C=O) groups excluding carboxylic acids is 2. The SMILES string of the molecule is C=CCn1c(SCC(=O)Nc2ccccc2C(N)=O)nnc1-c1csc2ccccc12. The second-order valence-corrected chi connectivity index (χ2v) is 8.45. The number of nitrogens with two attached hydrogens (primary N) is 1. The van der Waals surface area contributed by atoms with Gasteiger partial charge >= 0.3 is 0 Å². The normalized spacial score (nSPS) is 10.8. The fraction of sp³-hybridized carbons (Fsp3) is 0.0909. The van der Waals surface area contributed by atoms with Crippen molar-refractivity contribution in [1.82, 2.24) is 14.8 Å². The van der Waals surface area contributed by atoms with Crippen molar-refractivity contribution in [3.05, 3.63) is 72.1 Å². The number of nitrogens with one attached hydrogen (secondary N) is 1. The van der Waals surface area contributed by atoms with Gasteiger partial charge in [-0.3, -0.25) is 14.2 Å². The summed E-state index contributed by atoms with van der Waals surface area (Å²) in [6.45, 7) is 4.35. The third-order valence-electron chi connectivity index (χ3n) is 4.55.